The molecule has 0 aromatic carbocycles. The molecule has 2 N–H and O–H groups in total. The van der Waals surface area contributed by atoms with Gasteiger partial charge in [-0.05, 0) is 43.7 Å². The lowest BCUT2D eigenvalue weighted by atomic mass is 10.2. The van der Waals surface area contributed by atoms with Crippen molar-refractivity contribution in [1.29, 1.82) is 0 Å². The minimum atomic E-state index is 0.212. The molecule has 1 amide bonds. The Morgan fingerprint density at radius 1 is 1.56 bits per heavy atom. The normalized spacial score (nSPS) is 16.5. The lowest BCUT2D eigenvalue weighted by molar-refractivity contribution is -0.121. The summed E-state index contributed by atoms with van der Waals surface area (Å²) in [5, 5.41) is 8.66. The van der Waals surface area contributed by atoms with Gasteiger partial charge in [-0.25, -0.2) is 0 Å². The number of hydrogen-bond donors (Lipinski definition) is 2. The van der Waals surface area contributed by atoms with E-state index in [4.69, 9.17) is 0 Å². The summed E-state index contributed by atoms with van der Waals surface area (Å²) in [6.45, 7) is 3.10. The largest absolute Gasteiger partial charge is 0.353 e. The molecule has 0 radical (unpaired) electrons. The van der Waals surface area contributed by atoms with Crippen LogP contribution in [0.1, 0.15) is 49.9 Å². The molecule has 4 heteroatoms. The maximum Gasteiger partial charge on any atom is 0.220 e. The van der Waals surface area contributed by atoms with Crippen LogP contribution in [-0.2, 0) is 4.79 Å². The molecule has 1 atom stereocenters. The van der Waals surface area contributed by atoms with Gasteiger partial charge in [0.25, 0.3) is 0 Å². The number of carbonyl (C=O) groups excluding carboxylic acids is 1. The predicted octanol–water partition coefficient (Wildman–Crippen LogP) is 2.85. The first-order valence-electron chi connectivity index (χ1n) is 6.85. The molecule has 0 aliphatic heterocycles. The van der Waals surface area contributed by atoms with E-state index in [0.29, 0.717) is 18.5 Å². The molecule has 0 bridgehead atoms. The maximum absolute atomic E-state index is 11.5. The van der Waals surface area contributed by atoms with Crippen LogP contribution >= 0.6 is 11.3 Å². The molecule has 1 heterocycles. The van der Waals surface area contributed by atoms with Crippen molar-refractivity contribution in [3.63, 3.8) is 0 Å². The van der Waals surface area contributed by atoms with Crippen molar-refractivity contribution in [2.24, 2.45) is 0 Å². The molecule has 1 aromatic heterocycles. The highest BCUT2D eigenvalue weighted by Crippen LogP contribution is 2.21. The van der Waals surface area contributed by atoms with Crippen LogP contribution in [0.5, 0.6) is 0 Å². The van der Waals surface area contributed by atoms with Crippen molar-refractivity contribution in [1.82, 2.24) is 10.6 Å². The number of rotatable bonds is 8. The van der Waals surface area contributed by atoms with E-state index in [1.165, 1.54) is 17.7 Å². The average Bonchev–Trinajstić information content (AvgIpc) is 3.01. The second-order valence-corrected chi connectivity index (χ2v) is 5.85. The Balaban J connectivity index is 1.60. The van der Waals surface area contributed by atoms with Crippen molar-refractivity contribution in [3.8, 4) is 0 Å². The summed E-state index contributed by atoms with van der Waals surface area (Å²) in [6, 6.07) is 5.19. The third-order valence-electron chi connectivity index (χ3n) is 3.21. The maximum atomic E-state index is 11.5. The van der Waals surface area contributed by atoms with Gasteiger partial charge in [0.2, 0.25) is 5.91 Å². The van der Waals surface area contributed by atoms with E-state index in [1.54, 1.807) is 11.3 Å². The molecule has 0 spiro atoms. The number of amides is 1. The van der Waals surface area contributed by atoms with Gasteiger partial charge in [0, 0.05) is 23.4 Å². The summed E-state index contributed by atoms with van der Waals surface area (Å²) in [5.41, 5.74) is 0. The monoisotopic (exact) mass is 266 g/mol. The Bertz CT molecular complexity index is 360. The topological polar surface area (TPSA) is 41.1 Å². The van der Waals surface area contributed by atoms with Crippen molar-refractivity contribution in [2.45, 2.75) is 51.1 Å². The molecule has 1 fully saturated rings. The summed E-state index contributed by atoms with van der Waals surface area (Å²) in [5.74, 6) is 0.212. The molecule has 1 saturated carbocycles. The first-order valence-corrected chi connectivity index (χ1v) is 7.73. The Morgan fingerprint density at radius 2 is 2.39 bits per heavy atom. The number of nitrogens with one attached hydrogen (secondary N) is 2. The van der Waals surface area contributed by atoms with E-state index >= 15 is 0 Å². The zero-order chi connectivity index (χ0) is 12.8. The first kappa shape index (κ1) is 13.6. The highest BCUT2D eigenvalue weighted by atomic mass is 32.1. The standard InChI is InChI=1S/C14H22N2OS/c1-2-12(13-5-4-10-18-13)15-9-3-6-14(17)16-11-7-8-11/h4-5,10-12,15H,2-3,6-9H2,1H3,(H,16,17). The molecule has 1 aliphatic rings. The lowest BCUT2D eigenvalue weighted by Gasteiger charge is -2.15. The fourth-order valence-corrected chi connectivity index (χ4v) is 2.87. The zero-order valence-electron chi connectivity index (χ0n) is 10.9. The number of carbonyl (C=O) groups is 1. The summed E-state index contributed by atoms with van der Waals surface area (Å²) >= 11 is 1.79. The quantitative estimate of drug-likeness (QED) is 0.710. The molecule has 2 rings (SSSR count). The lowest BCUT2D eigenvalue weighted by Crippen LogP contribution is -2.27. The van der Waals surface area contributed by atoms with Crippen LogP contribution in [0.25, 0.3) is 0 Å². The van der Waals surface area contributed by atoms with E-state index in [-0.39, 0.29) is 5.91 Å². The Morgan fingerprint density at radius 3 is 3.00 bits per heavy atom. The van der Waals surface area contributed by atoms with E-state index < -0.39 is 0 Å². The second kappa shape index (κ2) is 6.90. The van der Waals surface area contributed by atoms with Crippen LogP contribution in [-0.4, -0.2) is 18.5 Å². The summed E-state index contributed by atoms with van der Waals surface area (Å²) in [7, 11) is 0. The summed E-state index contributed by atoms with van der Waals surface area (Å²) in [6.07, 6.45) is 4.99. The summed E-state index contributed by atoms with van der Waals surface area (Å²) < 4.78 is 0. The molecule has 1 unspecified atom stereocenters. The molecule has 100 valence electrons. The van der Waals surface area contributed by atoms with E-state index in [1.807, 2.05) is 0 Å². The van der Waals surface area contributed by atoms with Gasteiger partial charge in [0.05, 0.1) is 0 Å². The summed E-state index contributed by atoms with van der Waals surface area (Å²) in [4.78, 5) is 12.9. The average molecular weight is 266 g/mol. The van der Waals surface area contributed by atoms with Crippen molar-refractivity contribution in [3.05, 3.63) is 22.4 Å². The van der Waals surface area contributed by atoms with Crippen LogP contribution in [0.4, 0.5) is 0 Å². The Kier molecular flexibility index (Phi) is 5.20. The van der Waals surface area contributed by atoms with Gasteiger partial charge in [-0.15, -0.1) is 11.3 Å². The third-order valence-corrected chi connectivity index (χ3v) is 4.19. The van der Waals surface area contributed by atoms with E-state index in [0.717, 1.165) is 19.4 Å². The third kappa shape index (κ3) is 4.42. The minimum absolute atomic E-state index is 0.212. The molecule has 1 aromatic rings. The van der Waals surface area contributed by atoms with Gasteiger partial charge < -0.3 is 10.6 Å². The Hall–Kier alpha value is -0.870. The predicted molar refractivity (Wildman–Crippen MR) is 75.8 cm³/mol. The van der Waals surface area contributed by atoms with Crippen LogP contribution in [0.15, 0.2) is 17.5 Å². The first-order chi connectivity index (χ1) is 8.79. The van der Waals surface area contributed by atoms with Gasteiger partial charge in [0.1, 0.15) is 0 Å². The SMILES string of the molecule is CCC(NCCCC(=O)NC1CC1)c1cccs1. The van der Waals surface area contributed by atoms with Crippen LogP contribution in [0.3, 0.4) is 0 Å². The van der Waals surface area contributed by atoms with Crippen LogP contribution in [0.2, 0.25) is 0 Å². The zero-order valence-corrected chi connectivity index (χ0v) is 11.8. The Labute approximate surface area is 113 Å². The van der Waals surface area contributed by atoms with Crippen LogP contribution < -0.4 is 10.6 Å². The molecule has 0 saturated heterocycles. The molecule has 18 heavy (non-hydrogen) atoms. The highest BCUT2D eigenvalue weighted by Gasteiger charge is 2.22. The number of thiophene rings is 1. The molecule has 1 aliphatic carbocycles. The highest BCUT2D eigenvalue weighted by molar-refractivity contribution is 7.10. The van der Waals surface area contributed by atoms with Crippen molar-refractivity contribution < 1.29 is 4.79 Å². The molecular formula is C14H22N2OS. The fourth-order valence-electron chi connectivity index (χ4n) is 1.99. The second-order valence-electron chi connectivity index (χ2n) is 4.88. The smallest absolute Gasteiger partial charge is 0.220 e. The van der Waals surface area contributed by atoms with Gasteiger partial charge in [-0.1, -0.05) is 13.0 Å². The van der Waals surface area contributed by atoms with Crippen molar-refractivity contribution >= 4 is 17.2 Å². The van der Waals surface area contributed by atoms with Crippen molar-refractivity contribution in [2.75, 3.05) is 6.54 Å². The van der Waals surface area contributed by atoms with Gasteiger partial charge in [0.15, 0.2) is 0 Å². The van der Waals surface area contributed by atoms with E-state index in [9.17, 15) is 4.79 Å². The van der Waals surface area contributed by atoms with E-state index in [2.05, 4.69) is 35.1 Å². The molecule has 3 nitrogen and oxygen atoms in total. The van der Waals surface area contributed by atoms with Gasteiger partial charge in [-0.3, -0.25) is 4.79 Å². The fraction of sp³-hybridized carbons (Fsp3) is 0.643. The van der Waals surface area contributed by atoms with Gasteiger partial charge in [-0.2, -0.15) is 0 Å². The number of hydrogen-bond acceptors (Lipinski definition) is 3. The van der Waals surface area contributed by atoms with Gasteiger partial charge >= 0.3 is 0 Å². The van der Waals surface area contributed by atoms with Crippen LogP contribution in [0, 0.1) is 0 Å². The minimum Gasteiger partial charge on any atom is -0.353 e. The molecular weight excluding hydrogens is 244 g/mol.